The summed E-state index contributed by atoms with van der Waals surface area (Å²) in [5.41, 5.74) is 2.93. The Kier molecular flexibility index (Phi) is 6.32. The highest BCUT2D eigenvalue weighted by atomic mass is 16.5. The number of aliphatic hydroxyl groups is 3. The number of aliphatic hydroxyl groups excluding tert-OH is 2. The van der Waals surface area contributed by atoms with Crippen molar-refractivity contribution in [3.05, 3.63) is 51.6 Å². The Balaban J connectivity index is 1.76. The molecular weight excluding hydrogens is 498 g/mol. The van der Waals surface area contributed by atoms with Crippen LogP contribution in [0.15, 0.2) is 18.2 Å². The lowest BCUT2D eigenvalue weighted by Crippen LogP contribution is -2.55. The van der Waals surface area contributed by atoms with E-state index in [-0.39, 0.29) is 40.8 Å². The molecule has 2 aromatic carbocycles. The van der Waals surface area contributed by atoms with Crippen molar-refractivity contribution in [2.45, 2.75) is 62.1 Å². The Morgan fingerprint density at radius 1 is 1.16 bits per heavy atom. The highest BCUT2D eigenvalue weighted by molar-refractivity contribution is 6.31. The summed E-state index contributed by atoms with van der Waals surface area (Å²) >= 11 is 0. The van der Waals surface area contributed by atoms with Crippen LogP contribution in [0.2, 0.25) is 0 Å². The smallest absolute Gasteiger partial charge is 0.202 e. The number of methoxy groups -OCH3 is 1. The van der Waals surface area contributed by atoms with E-state index < -0.39 is 88.9 Å². The molecule has 0 radical (unpaired) electrons. The minimum absolute atomic E-state index is 0.0324. The summed E-state index contributed by atoms with van der Waals surface area (Å²) in [6.45, 7) is 0.613. The quantitative estimate of drug-likeness (QED) is 0.251. The number of hydrogen-bond donors (Lipinski definition) is 6. The second-order valence-electron chi connectivity index (χ2n) is 10.3. The van der Waals surface area contributed by atoms with Crippen molar-refractivity contribution in [3.8, 4) is 17.2 Å². The van der Waals surface area contributed by atoms with Gasteiger partial charge >= 0.3 is 0 Å². The number of nitrogens with two attached hydrogens (primary N) is 1. The van der Waals surface area contributed by atoms with E-state index in [0.717, 1.165) is 0 Å². The van der Waals surface area contributed by atoms with Gasteiger partial charge < -0.3 is 40.7 Å². The van der Waals surface area contributed by atoms with Gasteiger partial charge in [0.25, 0.3) is 0 Å². The maximum atomic E-state index is 13.7. The van der Waals surface area contributed by atoms with Crippen LogP contribution >= 0.6 is 0 Å². The summed E-state index contributed by atoms with van der Waals surface area (Å²) in [7, 11) is 1.33. The molecule has 38 heavy (non-hydrogen) atoms. The molecule has 1 saturated heterocycles. The Hall–Kier alpha value is -3.35. The molecule has 6 unspecified atom stereocenters. The number of fused-ring (bicyclic) bond motifs is 3. The predicted octanol–water partition coefficient (Wildman–Crippen LogP) is 0.0697. The van der Waals surface area contributed by atoms with E-state index in [0.29, 0.717) is 0 Å². The lowest BCUT2D eigenvalue weighted by atomic mass is 9.66. The zero-order valence-electron chi connectivity index (χ0n) is 20.8. The van der Waals surface area contributed by atoms with Crippen molar-refractivity contribution in [2.75, 3.05) is 13.7 Å². The first-order chi connectivity index (χ1) is 17.9. The van der Waals surface area contributed by atoms with Gasteiger partial charge in [-0.05, 0) is 25.8 Å². The third-order valence-corrected chi connectivity index (χ3v) is 8.08. The number of hydrogen-bond acceptors (Lipinski definition) is 11. The SMILES string of the molecule is COc1cccc2c1C(=O)c1c(O)c3c(c(O)c1C2=O)CC(O)(C(=O)CO)CC3C1CC(N)C(O)C(C)O1. The Bertz CT molecular complexity index is 1360. The summed E-state index contributed by atoms with van der Waals surface area (Å²) in [5.74, 6) is -4.50. The normalized spacial score (nSPS) is 30.3. The van der Waals surface area contributed by atoms with E-state index in [2.05, 4.69) is 0 Å². The number of aromatic hydroxyl groups is 2. The molecule has 6 atom stereocenters. The largest absolute Gasteiger partial charge is 0.507 e. The Morgan fingerprint density at radius 2 is 1.84 bits per heavy atom. The third kappa shape index (κ3) is 3.65. The van der Waals surface area contributed by atoms with E-state index in [9.17, 15) is 39.9 Å². The zero-order valence-corrected chi connectivity index (χ0v) is 20.8. The molecule has 0 amide bonds. The number of rotatable bonds is 4. The molecule has 3 aliphatic rings. The van der Waals surface area contributed by atoms with Gasteiger partial charge in [0.15, 0.2) is 11.6 Å². The van der Waals surface area contributed by atoms with Gasteiger partial charge in [-0.25, -0.2) is 0 Å². The van der Waals surface area contributed by atoms with Crippen LogP contribution in [0, 0.1) is 0 Å². The standard InChI is InChI=1S/C27H29NO10/c1-10-22(31)14(28)6-16(38-10)12-7-27(36,17(30)9-29)8-13-18(12)25(34)21-20(24(13)33)23(32)11-4-3-5-15(37-2)19(11)26(21)35/h3-5,10,12,14,16,22,29,31,33-34,36H,6-9,28H2,1-2H3. The number of carbonyl (C=O) groups excluding carboxylic acids is 3. The second-order valence-corrected chi connectivity index (χ2v) is 10.3. The molecule has 0 saturated carbocycles. The molecule has 0 aromatic heterocycles. The van der Waals surface area contributed by atoms with Crippen LogP contribution in [0.1, 0.15) is 68.7 Å². The summed E-state index contributed by atoms with van der Waals surface area (Å²) in [5, 5.41) is 54.1. The average Bonchev–Trinajstić information content (AvgIpc) is 2.90. The zero-order chi connectivity index (χ0) is 27.7. The van der Waals surface area contributed by atoms with Gasteiger partial charge in [-0.3, -0.25) is 14.4 Å². The van der Waals surface area contributed by atoms with Crippen molar-refractivity contribution >= 4 is 17.3 Å². The van der Waals surface area contributed by atoms with Crippen LogP contribution in [-0.4, -0.2) is 86.6 Å². The summed E-state index contributed by atoms with van der Waals surface area (Å²) in [6, 6.07) is 3.67. The van der Waals surface area contributed by atoms with Gasteiger partial charge in [-0.1, -0.05) is 12.1 Å². The number of benzene rings is 2. The maximum Gasteiger partial charge on any atom is 0.202 e. The molecule has 1 aliphatic heterocycles. The number of phenols is 2. The van der Waals surface area contributed by atoms with Crippen molar-refractivity contribution in [1.29, 1.82) is 0 Å². The summed E-state index contributed by atoms with van der Waals surface area (Å²) < 4.78 is 11.2. The molecular formula is C27H29NO10. The molecule has 2 aromatic rings. The van der Waals surface area contributed by atoms with Gasteiger partial charge in [-0.15, -0.1) is 0 Å². The average molecular weight is 528 g/mol. The first-order valence-corrected chi connectivity index (χ1v) is 12.3. The first-order valence-electron chi connectivity index (χ1n) is 12.3. The lowest BCUT2D eigenvalue weighted by molar-refractivity contribution is -0.150. The molecule has 11 nitrogen and oxygen atoms in total. The Labute approximate surface area is 217 Å². The maximum absolute atomic E-state index is 13.7. The molecule has 1 heterocycles. The number of carbonyl (C=O) groups is 3. The summed E-state index contributed by atoms with van der Waals surface area (Å²) in [6.07, 6.45) is -3.34. The van der Waals surface area contributed by atoms with Crippen LogP contribution in [0.3, 0.4) is 0 Å². The minimum atomic E-state index is -2.17. The van der Waals surface area contributed by atoms with Crippen LogP contribution in [-0.2, 0) is 16.0 Å². The number of Topliss-reactive ketones (excluding diaryl/α,β-unsaturated/α-hetero) is 1. The monoisotopic (exact) mass is 527 g/mol. The van der Waals surface area contributed by atoms with Gasteiger partial charge in [0.05, 0.1) is 42.1 Å². The lowest BCUT2D eigenvalue weighted by Gasteiger charge is -2.45. The number of ketones is 3. The predicted molar refractivity (Wildman–Crippen MR) is 131 cm³/mol. The van der Waals surface area contributed by atoms with Crippen LogP contribution in [0.4, 0.5) is 0 Å². The molecule has 0 spiro atoms. The molecule has 0 bridgehead atoms. The van der Waals surface area contributed by atoms with E-state index in [1.807, 2.05) is 0 Å². The Morgan fingerprint density at radius 3 is 2.47 bits per heavy atom. The van der Waals surface area contributed by atoms with Crippen LogP contribution < -0.4 is 10.5 Å². The molecule has 2 aliphatic carbocycles. The van der Waals surface area contributed by atoms with E-state index in [1.54, 1.807) is 6.92 Å². The molecule has 7 N–H and O–H groups in total. The first kappa shape index (κ1) is 26.3. The minimum Gasteiger partial charge on any atom is -0.507 e. The molecule has 5 rings (SSSR count). The van der Waals surface area contributed by atoms with Crippen LogP contribution in [0.5, 0.6) is 17.2 Å². The van der Waals surface area contributed by atoms with Crippen molar-refractivity contribution in [1.82, 2.24) is 0 Å². The highest BCUT2D eigenvalue weighted by Crippen LogP contribution is 2.53. The van der Waals surface area contributed by atoms with Gasteiger partial charge in [-0.2, -0.15) is 0 Å². The topological polar surface area (TPSA) is 197 Å². The van der Waals surface area contributed by atoms with E-state index >= 15 is 0 Å². The fourth-order valence-corrected chi connectivity index (χ4v) is 6.13. The third-order valence-electron chi connectivity index (χ3n) is 8.08. The van der Waals surface area contributed by atoms with Gasteiger partial charge in [0.2, 0.25) is 5.78 Å². The molecule has 11 heteroatoms. The fourth-order valence-electron chi connectivity index (χ4n) is 6.13. The highest BCUT2D eigenvalue weighted by Gasteiger charge is 2.51. The van der Waals surface area contributed by atoms with E-state index in [1.165, 1.54) is 25.3 Å². The van der Waals surface area contributed by atoms with Crippen molar-refractivity contribution < 1.29 is 49.4 Å². The second kappa shape index (κ2) is 9.14. The fraction of sp³-hybridized carbons (Fsp3) is 0.444. The van der Waals surface area contributed by atoms with E-state index in [4.69, 9.17) is 15.2 Å². The molecule has 202 valence electrons. The molecule has 1 fully saturated rings. The van der Waals surface area contributed by atoms with Crippen LogP contribution in [0.25, 0.3) is 0 Å². The number of ether oxygens (including phenoxy) is 2. The summed E-state index contributed by atoms with van der Waals surface area (Å²) in [4.78, 5) is 39.9. The van der Waals surface area contributed by atoms with Crippen molar-refractivity contribution in [3.63, 3.8) is 0 Å². The number of phenolic OH excluding ortho intramolecular Hbond substituents is 2. The van der Waals surface area contributed by atoms with Crippen molar-refractivity contribution in [2.24, 2.45) is 5.73 Å². The van der Waals surface area contributed by atoms with Gasteiger partial charge in [0, 0.05) is 35.1 Å². The van der Waals surface area contributed by atoms with Gasteiger partial charge in [0.1, 0.15) is 29.5 Å².